The minimum absolute atomic E-state index is 0.434. The molecule has 88 valence electrons. The standard InChI is InChI=1S/C12H24N2O/c13-11-3-5-12(6-4-11)15-10-9-14-7-1-2-8-14/h11-12H,1-10,13H2/t11-,12-. The van der Waals surface area contributed by atoms with Gasteiger partial charge in [0.25, 0.3) is 0 Å². The number of ether oxygens (including phenoxy) is 1. The second-order valence-electron chi connectivity index (χ2n) is 4.96. The molecular formula is C12H24N2O. The van der Waals surface area contributed by atoms with Gasteiger partial charge >= 0.3 is 0 Å². The first-order valence-electron chi connectivity index (χ1n) is 6.44. The topological polar surface area (TPSA) is 38.5 Å². The van der Waals surface area contributed by atoms with Crippen LogP contribution in [0.15, 0.2) is 0 Å². The summed E-state index contributed by atoms with van der Waals surface area (Å²) in [5.41, 5.74) is 5.86. The molecule has 0 radical (unpaired) electrons. The quantitative estimate of drug-likeness (QED) is 0.765. The van der Waals surface area contributed by atoms with Crippen LogP contribution in [0.2, 0.25) is 0 Å². The van der Waals surface area contributed by atoms with Gasteiger partial charge in [0.2, 0.25) is 0 Å². The van der Waals surface area contributed by atoms with Crippen molar-refractivity contribution in [2.24, 2.45) is 5.73 Å². The summed E-state index contributed by atoms with van der Waals surface area (Å²) in [6.45, 7) is 4.60. The van der Waals surface area contributed by atoms with Crippen LogP contribution in [0.25, 0.3) is 0 Å². The minimum Gasteiger partial charge on any atom is -0.377 e. The summed E-state index contributed by atoms with van der Waals surface area (Å²) in [5.74, 6) is 0. The number of likely N-dealkylation sites (tertiary alicyclic amines) is 1. The summed E-state index contributed by atoms with van der Waals surface area (Å²) in [7, 11) is 0. The average molecular weight is 212 g/mol. The third kappa shape index (κ3) is 3.74. The van der Waals surface area contributed by atoms with E-state index >= 15 is 0 Å². The Hall–Kier alpha value is -0.120. The molecule has 0 aromatic carbocycles. The highest BCUT2D eigenvalue weighted by atomic mass is 16.5. The van der Waals surface area contributed by atoms with Gasteiger partial charge in [-0.3, -0.25) is 0 Å². The second kappa shape index (κ2) is 5.83. The molecule has 1 aliphatic heterocycles. The maximum atomic E-state index is 5.90. The first kappa shape index (κ1) is 11.4. The SMILES string of the molecule is N[C@H]1CC[C@H](OCCN2CCCC2)CC1. The molecule has 1 aliphatic carbocycles. The second-order valence-corrected chi connectivity index (χ2v) is 4.96. The number of nitrogens with two attached hydrogens (primary N) is 1. The molecule has 2 fully saturated rings. The lowest BCUT2D eigenvalue weighted by atomic mass is 9.94. The molecule has 0 spiro atoms. The van der Waals surface area contributed by atoms with Crippen molar-refractivity contribution >= 4 is 0 Å². The molecule has 0 aromatic heterocycles. The van der Waals surface area contributed by atoms with Crippen molar-refractivity contribution in [3.63, 3.8) is 0 Å². The molecule has 0 amide bonds. The van der Waals surface area contributed by atoms with E-state index in [1.807, 2.05) is 0 Å². The van der Waals surface area contributed by atoms with Gasteiger partial charge in [-0.05, 0) is 51.6 Å². The molecule has 0 unspecified atom stereocenters. The first-order chi connectivity index (χ1) is 7.34. The van der Waals surface area contributed by atoms with Crippen LogP contribution < -0.4 is 5.73 Å². The lowest BCUT2D eigenvalue weighted by Crippen LogP contribution is -2.32. The van der Waals surface area contributed by atoms with E-state index in [9.17, 15) is 0 Å². The molecule has 3 nitrogen and oxygen atoms in total. The number of rotatable bonds is 4. The molecule has 0 aromatic rings. The van der Waals surface area contributed by atoms with E-state index in [1.165, 1.54) is 38.8 Å². The zero-order valence-electron chi connectivity index (χ0n) is 9.66. The number of hydrogen-bond acceptors (Lipinski definition) is 3. The predicted octanol–water partition coefficient (Wildman–Crippen LogP) is 1.37. The van der Waals surface area contributed by atoms with Crippen molar-refractivity contribution in [1.29, 1.82) is 0 Å². The highest BCUT2D eigenvalue weighted by Crippen LogP contribution is 2.19. The Morgan fingerprint density at radius 2 is 1.73 bits per heavy atom. The van der Waals surface area contributed by atoms with Crippen molar-refractivity contribution in [3.05, 3.63) is 0 Å². The van der Waals surface area contributed by atoms with E-state index in [0.717, 1.165) is 26.0 Å². The smallest absolute Gasteiger partial charge is 0.0597 e. The van der Waals surface area contributed by atoms with Crippen molar-refractivity contribution in [2.45, 2.75) is 50.7 Å². The molecule has 0 atom stereocenters. The van der Waals surface area contributed by atoms with Gasteiger partial charge in [-0.1, -0.05) is 0 Å². The first-order valence-corrected chi connectivity index (χ1v) is 6.44. The van der Waals surface area contributed by atoms with E-state index in [-0.39, 0.29) is 0 Å². The van der Waals surface area contributed by atoms with Gasteiger partial charge in [0.05, 0.1) is 12.7 Å². The zero-order valence-corrected chi connectivity index (χ0v) is 9.66. The molecule has 3 heteroatoms. The van der Waals surface area contributed by atoms with Gasteiger partial charge < -0.3 is 15.4 Å². The van der Waals surface area contributed by atoms with E-state index < -0.39 is 0 Å². The highest BCUT2D eigenvalue weighted by molar-refractivity contribution is 4.74. The summed E-state index contributed by atoms with van der Waals surface area (Å²) < 4.78 is 5.90. The molecule has 2 N–H and O–H groups in total. The van der Waals surface area contributed by atoms with Gasteiger partial charge in [-0.15, -0.1) is 0 Å². The minimum atomic E-state index is 0.434. The molecular weight excluding hydrogens is 188 g/mol. The largest absolute Gasteiger partial charge is 0.377 e. The van der Waals surface area contributed by atoms with Crippen molar-refractivity contribution in [2.75, 3.05) is 26.2 Å². The Morgan fingerprint density at radius 3 is 2.40 bits per heavy atom. The zero-order chi connectivity index (χ0) is 10.5. The maximum Gasteiger partial charge on any atom is 0.0597 e. The lowest BCUT2D eigenvalue weighted by molar-refractivity contribution is 0.0159. The van der Waals surface area contributed by atoms with Crippen LogP contribution in [0.1, 0.15) is 38.5 Å². The van der Waals surface area contributed by atoms with Gasteiger partial charge in [-0.2, -0.15) is 0 Å². The van der Waals surface area contributed by atoms with Crippen LogP contribution in [0.5, 0.6) is 0 Å². The number of hydrogen-bond donors (Lipinski definition) is 1. The molecule has 15 heavy (non-hydrogen) atoms. The summed E-state index contributed by atoms with van der Waals surface area (Å²) in [5, 5.41) is 0. The van der Waals surface area contributed by atoms with E-state index in [1.54, 1.807) is 0 Å². The fraction of sp³-hybridized carbons (Fsp3) is 1.00. The Kier molecular flexibility index (Phi) is 4.42. The van der Waals surface area contributed by atoms with Crippen LogP contribution in [0.4, 0.5) is 0 Å². The Labute approximate surface area is 93.0 Å². The van der Waals surface area contributed by atoms with Crippen LogP contribution in [0, 0.1) is 0 Å². The van der Waals surface area contributed by atoms with E-state index in [2.05, 4.69) is 4.90 Å². The lowest BCUT2D eigenvalue weighted by Gasteiger charge is -2.27. The molecule has 1 heterocycles. The summed E-state index contributed by atoms with van der Waals surface area (Å²) in [6, 6.07) is 0.434. The molecule has 1 saturated heterocycles. The molecule has 1 saturated carbocycles. The van der Waals surface area contributed by atoms with Crippen molar-refractivity contribution < 1.29 is 4.74 Å². The summed E-state index contributed by atoms with van der Waals surface area (Å²) >= 11 is 0. The van der Waals surface area contributed by atoms with Crippen molar-refractivity contribution in [1.82, 2.24) is 4.90 Å². The Balaban J connectivity index is 1.53. The molecule has 2 rings (SSSR count). The van der Waals surface area contributed by atoms with Crippen LogP contribution in [0.3, 0.4) is 0 Å². The van der Waals surface area contributed by atoms with Gasteiger partial charge in [-0.25, -0.2) is 0 Å². The Bertz CT molecular complexity index is 172. The maximum absolute atomic E-state index is 5.90. The normalized spacial score (nSPS) is 33.4. The average Bonchev–Trinajstić information content (AvgIpc) is 2.74. The van der Waals surface area contributed by atoms with Gasteiger partial charge in [0.15, 0.2) is 0 Å². The number of nitrogens with zero attached hydrogens (tertiary/aromatic N) is 1. The van der Waals surface area contributed by atoms with E-state index in [0.29, 0.717) is 12.1 Å². The third-order valence-corrected chi connectivity index (χ3v) is 3.68. The fourth-order valence-corrected chi connectivity index (χ4v) is 2.61. The molecule has 0 bridgehead atoms. The summed E-state index contributed by atoms with van der Waals surface area (Å²) in [4.78, 5) is 2.51. The van der Waals surface area contributed by atoms with Crippen LogP contribution in [-0.4, -0.2) is 43.3 Å². The fourth-order valence-electron chi connectivity index (χ4n) is 2.61. The Morgan fingerprint density at radius 1 is 1.07 bits per heavy atom. The highest BCUT2D eigenvalue weighted by Gasteiger charge is 2.19. The third-order valence-electron chi connectivity index (χ3n) is 3.68. The van der Waals surface area contributed by atoms with Crippen molar-refractivity contribution in [3.8, 4) is 0 Å². The van der Waals surface area contributed by atoms with E-state index in [4.69, 9.17) is 10.5 Å². The monoisotopic (exact) mass is 212 g/mol. The van der Waals surface area contributed by atoms with Crippen LogP contribution >= 0.6 is 0 Å². The predicted molar refractivity (Wildman–Crippen MR) is 61.9 cm³/mol. The van der Waals surface area contributed by atoms with Gasteiger partial charge in [0, 0.05) is 12.6 Å². The molecule has 2 aliphatic rings. The van der Waals surface area contributed by atoms with Gasteiger partial charge in [0.1, 0.15) is 0 Å². The van der Waals surface area contributed by atoms with Crippen LogP contribution in [-0.2, 0) is 4.74 Å². The summed E-state index contributed by atoms with van der Waals surface area (Å²) in [6.07, 6.45) is 7.87.